The van der Waals surface area contributed by atoms with Crippen LogP contribution in [0.1, 0.15) is 31.4 Å². The summed E-state index contributed by atoms with van der Waals surface area (Å²) in [6.45, 7) is 2.24. The normalized spacial score (nSPS) is 19.7. The predicted octanol–water partition coefficient (Wildman–Crippen LogP) is 4.02. The van der Waals surface area contributed by atoms with E-state index in [9.17, 15) is 13.2 Å². The lowest BCUT2D eigenvalue weighted by molar-refractivity contribution is -0.148. The lowest BCUT2D eigenvalue weighted by Crippen LogP contribution is -2.46. The van der Waals surface area contributed by atoms with Crippen molar-refractivity contribution in [1.82, 2.24) is 10.2 Å². The maximum atomic E-state index is 12.3. The van der Waals surface area contributed by atoms with Crippen LogP contribution in [0.4, 0.5) is 13.2 Å². The molecule has 1 N–H and O–H groups in total. The maximum Gasteiger partial charge on any atom is 0.401 e. The number of nitrogens with zero attached hydrogens (tertiary/aromatic N) is 1. The number of rotatable bonds is 4. The van der Waals surface area contributed by atoms with E-state index in [1.54, 1.807) is 0 Å². The highest BCUT2D eigenvalue weighted by Crippen LogP contribution is 2.22. The Morgan fingerprint density at radius 3 is 2.33 bits per heavy atom. The molecule has 1 aromatic rings. The van der Waals surface area contributed by atoms with E-state index in [4.69, 9.17) is 11.6 Å². The molecule has 118 valence electrons. The number of likely N-dealkylation sites (tertiary alicyclic amines) is 1. The molecule has 6 heteroatoms. The quantitative estimate of drug-likeness (QED) is 0.901. The number of piperidine rings is 1. The Kier molecular flexibility index (Phi) is 5.52. The lowest BCUT2D eigenvalue weighted by Gasteiger charge is -2.34. The van der Waals surface area contributed by atoms with Gasteiger partial charge in [0.05, 0.1) is 6.54 Å². The zero-order valence-electron chi connectivity index (χ0n) is 12.0. The second-order valence-corrected chi connectivity index (χ2v) is 6.04. The van der Waals surface area contributed by atoms with Crippen LogP contribution >= 0.6 is 11.6 Å². The third-order valence-electron chi connectivity index (χ3n) is 3.85. The van der Waals surface area contributed by atoms with Crippen LogP contribution in [0.3, 0.4) is 0 Å². The van der Waals surface area contributed by atoms with Gasteiger partial charge in [0.1, 0.15) is 0 Å². The third kappa shape index (κ3) is 5.49. The van der Waals surface area contributed by atoms with E-state index < -0.39 is 12.7 Å². The van der Waals surface area contributed by atoms with Crippen LogP contribution < -0.4 is 5.32 Å². The van der Waals surface area contributed by atoms with Gasteiger partial charge in [-0.3, -0.25) is 4.90 Å². The number of alkyl halides is 3. The van der Waals surface area contributed by atoms with Crippen molar-refractivity contribution in [3.05, 3.63) is 34.9 Å². The maximum absolute atomic E-state index is 12.3. The lowest BCUT2D eigenvalue weighted by atomic mass is 10.0. The summed E-state index contributed by atoms with van der Waals surface area (Å²) in [5.41, 5.74) is 1.14. The highest BCUT2D eigenvalue weighted by atomic mass is 35.5. The smallest absolute Gasteiger partial charge is 0.307 e. The van der Waals surface area contributed by atoms with Crippen molar-refractivity contribution in [2.45, 2.75) is 38.0 Å². The van der Waals surface area contributed by atoms with Gasteiger partial charge in [0, 0.05) is 17.1 Å². The van der Waals surface area contributed by atoms with Gasteiger partial charge < -0.3 is 5.32 Å². The van der Waals surface area contributed by atoms with E-state index in [0.717, 1.165) is 18.4 Å². The summed E-state index contributed by atoms with van der Waals surface area (Å²) in [6.07, 6.45) is -2.61. The number of nitrogens with one attached hydrogen (secondary N) is 1. The molecule has 0 saturated carbocycles. The fourth-order valence-electron chi connectivity index (χ4n) is 2.71. The fourth-order valence-corrected chi connectivity index (χ4v) is 2.84. The molecule has 2 rings (SSSR count). The molecular weight excluding hydrogens is 301 g/mol. The van der Waals surface area contributed by atoms with Crippen molar-refractivity contribution in [3.63, 3.8) is 0 Å². The van der Waals surface area contributed by atoms with Gasteiger partial charge in [0.15, 0.2) is 0 Å². The molecule has 1 fully saturated rings. The first-order chi connectivity index (χ1) is 9.83. The van der Waals surface area contributed by atoms with Gasteiger partial charge in [-0.1, -0.05) is 23.7 Å². The molecule has 1 saturated heterocycles. The molecule has 1 aromatic carbocycles. The van der Waals surface area contributed by atoms with E-state index in [0.29, 0.717) is 18.1 Å². The monoisotopic (exact) mass is 320 g/mol. The summed E-state index contributed by atoms with van der Waals surface area (Å²) >= 11 is 5.86. The predicted molar refractivity (Wildman–Crippen MR) is 78.5 cm³/mol. The Bertz CT molecular complexity index is 439. The molecule has 1 atom stereocenters. The van der Waals surface area contributed by atoms with Gasteiger partial charge in [0.25, 0.3) is 0 Å². The van der Waals surface area contributed by atoms with Crippen LogP contribution in [0, 0.1) is 0 Å². The van der Waals surface area contributed by atoms with Crippen molar-refractivity contribution in [3.8, 4) is 0 Å². The van der Waals surface area contributed by atoms with E-state index in [1.807, 2.05) is 24.3 Å². The van der Waals surface area contributed by atoms with Gasteiger partial charge >= 0.3 is 6.18 Å². The first-order valence-corrected chi connectivity index (χ1v) is 7.52. The number of halogens is 4. The molecule has 1 aliphatic rings. The summed E-state index contributed by atoms with van der Waals surface area (Å²) in [6, 6.07) is 8.07. The highest BCUT2D eigenvalue weighted by Gasteiger charge is 2.32. The van der Waals surface area contributed by atoms with Crippen molar-refractivity contribution >= 4 is 11.6 Å². The molecule has 0 aliphatic carbocycles. The zero-order chi connectivity index (χ0) is 15.5. The van der Waals surface area contributed by atoms with Crippen LogP contribution in [0.2, 0.25) is 5.02 Å². The molecule has 0 bridgehead atoms. The topological polar surface area (TPSA) is 15.3 Å². The Labute approximate surface area is 128 Å². The van der Waals surface area contributed by atoms with Crippen LogP contribution in [-0.4, -0.2) is 36.8 Å². The van der Waals surface area contributed by atoms with Gasteiger partial charge in [-0.2, -0.15) is 13.2 Å². The number of hydrogen-bond donors (Lipinski definition) is 1. The van der Waals surface area contributed by atoms with Gasteiger partial charge in [-0.25, -0.2) is 0 Å². The van der Waals surface area contributed by atoms with Crippen molar-refractivity contribution in [2.24, 2.45) is 0 Å². The van der Waals surface area contributed by atoms with E-state index in [2.05, 4.69) is 12.2 Å². The molecule has 0 radical (unpaired) electrons. The minimum atomic E-state index is -4.10. The van der Waals surface area contributed by atoms with Crippen LogP contribution in [-0.2, 0) is 0 Å². The minimum Gasteiger partial charge on any atom is -0.307 e. The Morgan fingerprint density at radius 1 is 1.24 bits per heavy atom. The van der Waals surface area contributed by atoms with Gasteiger partial charge in [-0.15, -0.1) is 0 Å². The first kappa shape index (κ1) is 16.6. The number of benzene rings is 1. The Hall–Kier alpha value is -0.780. The summed E-state index contributed by atoms with van der Waals surface area (Å²) in [7, 11) is 0. The minimum absolute atomic E-state index is 0.168. The summed E-state index contributed by atoms with van der Waals surface area (Å²) in [4.78, 5) is 1.48. The SMILES string of the molecule is C[C@H](NC1CCN(CC(F)(F)F)CC1)c1ccc(Cl)cc1. The molecule has 1 heterocycles. The van der Waals surface area contributed by atoms with Crippen LogP contribution in [0.25, 0.3) is 0 Å². The summed E-state index contributed by atoms with van der Waals surface area (Å²) in [5, 5.41) is 4.19. The molecule has 1 aliphatic heterocycles. The van der Waals surface area contributed by atoms with E-state index >= 15 is 0 Å². The van der Waals surface area contributed by atoms with Gasteiger partial charge in [-0.05, 0) is 50.6 Å². The van der Waals surface area contributed by atoms with Crippen molar-refractivity contribution < 1.29 is 13.2 Å². The molecule has 0 amide bonds. The zero-order valence-corrected chi connectivity index (χ0v) is 12.7. The van der Waals surface area contributed by atoms with Crippen LogP contribution in [0.5, 0.6) is 0 Å². The summed E-state index contributed by atoms with van der Waals surface area (Å²) in [5.74, 6) is 0. The van der Waals surface area contributed by atoms with E-state index in [-0.39, 0.29) is 12.1 Å². The third-order valence-corrected chi connectivity index (χ3v) is 4.10. The van der Waals surface area contributed by atoms with Crippen molar-refractivity contribution in [1.29, 1.82) is 0 Å². The molecule has 0 spiro atoms. The van der Waals surface area contributed by atoms with Crippen LogP contribution in [0.15, 0.2) is 24.3 Å². The molecule has 0 aromatic heterocycles. The standard InChI is InChI=1S/C15H20ClF3N2/c1-11(12-2-4-13(16)5-3-12)20-14-6-8-21(9-7-14)10-15(17,18)19/h2-5,11,14,20H,6-10H2,1H3/t11-/m0/s1. The second kappa shape index (κ2) is 6.99. The second-order valence-electron chi connectivity index (χ2n) is 5.61. The van der Waals surface area contributed by atoms with E-state index in [1.165, 1.54) is 4.90 Å². The first-order valence-electron chi connectivity index (χ1n) is 7.14. The molecular formula is C15H20ClF3N2. The Balaban J connectivity index is 1.79. The molecule has 0 unspecified atom stereocenters. The number of hydrogen-bond acceptors (Lipinski definition) is 2. The Morgan fingerprint density at radius 2 is 1.81 bits per heavy atom. The van der Waals surface area contributed by atoms with Gasteiger partial charge in [0.2, 0.25) is 0 Å². The summed E-state index contributed by atoms with van der Waals surface area (Å²) < 4.78 is 37.0. The van der Waals surface area contributed by atoms with Crippen molar-refractivity contribution in [2.75, 3.05) is 19.6 Å². The largest absolute Gasteiger partial charge is 0.401 e. The molecule has 2 nitrogen and oxygen atoms in total. The fraction of sp³-hybridized carbons (Fsp3) is 0.600. The average molecular weight is 321 g/mol. The highest BCUT2D eigenvalue weighted by molar-refractivity contribution is 6.30. The average Bonchev–Trinajstić information content (AvgIpc) is 2.40. The molecule has 21 heavy (non-hydrogen) atoms.